The van der Waals surface area contributed by atoms with Crippen LogP contribution in [0.3, 0.4) is 0 Å². The second kappa shape index (κ2) is 13.5. The van der Waals surface area contributed by atoms with Gasteiger partial charge in [0.15, 0.2) is 0 Å². The van der Waals surface area contributed by atoms with Crippen molar-refractivity contribution in [1.82, 2.24) is 9.13 Å². The lowest BCUT2D eigenvalue weighted by molar-refractivity contribution is 1.18. The van der Waals surface area contributed by atoms with E-state index in [0.717, 1.165) is 11.4 Å². The molecule has 13 aromatic rings. The van der Waals surface area contributed by atoms with E-state index in [1.807, 2.05) is 0 Å². The second-order valence-corrected chi connectivity index (χ2v) is 17.2. The number of aromatic nitrogens is 2. The van der Waals surface area contributed by atoms with Gasteiger partial charge in [-0.15, -0.1) is 0 Å². The average Bonchev–Trinajstić information content (AvgIpc) is 4.00. The van der Waals surface area contributed by atoms with Crippen LogP contribution in [0.4, 0.5) is 0 Å². The normalized spacial score (nSPS) is 12.1. The van der Waals surface area contributed by atoms with Gasteiger partial charge in [0, 0.05) is 38.2 Å². The molecule has 0 radical (unpaired) electrons. The minimum atomic E-state index is 1.16. The Kier molecular flexibility index (Phi) is 7.43. The van der Waals surface area contributed by atoms with E-state index in [4.69, 9.17) is 0 Å². The van der Waals surface area contributed by atoms with Gasteiger partial charge in [-0.25, -0.2) is 0 Å². The summed E-state index contributed by atoms with van der Waals surface area (Å²) in [6.45, 7) is 0. The van der Waals surface area contributed by atoms with Crippen molar-refractivity contribution in [2.24, 2.45) is 0 Å². The summed E-state index contributed by atoms with van der Waals surface area (Å²) in [4.78, 5) is 0. The molecule has 0 aliphatic heterocycles. The van der Waals surface area contributed by atoms with Crippen molar-refractivity contribution in [3.63, 3.8) is 0 Å². The van der Waals surface area contributed by atoms with E-state index in [0.29, 0.717) is 0 Å². The van der Waals surface area contributed by atoms with E-state index in [1.54, 1.807) is 0 Å². The topological polar surface area (TPSA) is 9.86 Å². The van der Waals surface area contributed by atoms with Gasteiger partial charge in [0.1, 0.15) is 0 Å². The number of fused-ring (bicyclic) bond motifs is 11. The molecule has 0 unspecified atom stereocenters. The number of benzene rings is 11. The summed E-state index contributed by atoms with van der Waals surface area (Å²) in [5.41, 5.74) is 19.7. The molecular formula is C62H38N2. The molecule has 1 aliphatic carbocycles. The zero-order chi connectivity index (χ0) is 41.9. The maximum Gasteiger partial charge on any atom is 0.0619 e. The SMILES string of the molecule is c1ccc(-n2c3ccc(-c4ccc5c6ccccc6n(-c6ccccc6-c6cccc(-c7ccc8c9c(cccc79)-c7ccccc7-8)c6)c5c4)cc3c3ccc4ccccc4c32)cc1. The van der Waals surface area contributed by atoms with Gasteiger partial charge < -0.3 is 9.13 Å². The highest BCUT2D eigenvalue weighted by molar-refractivity contribution is 6.20. The fourth-order valence-corrected chi connectivity index (χ4v) is 11.0. The molecule has 2 nitrogen and oxygen atoms in total. The second-order valence-electron chi connectivity index (χ2n) is 17.2. The zero-order valence-corrected chi connectivity index (χ0v) is 34.8. The van der Waals surface area contributed by atoms with Crippen LogP contribution in [0.2, 0.25) is 0 Å². The molecule has 0 saturated carbocycles. The number of hydrogen-bond acceptors (Lipinski definition) is 0. The third kappa shape index (κ3) is 5.02. The van der Waals surface area contributed by atoms with Crippen molar-refractivity contribution >= 4 is 65.2 Å². The maximum atomic E-state index is 2.48. The average molecular weight is 811 g/mol. The van der Waals surface area contributed by atoms with Crippen LogP contribution in [0.5, 0.6) is 0 Å². The predicted molar refractivity (Wildman–Crippen MR) is 271 cm³/mol. The largest absolute Gasteiger partial charge is 0.309 e. The summed E-state index contributed by atoms with van der Waals surface area (Å²) < 4.78 is 4.92. The van der Waals surface area contributed by atoms with E-state index >= 15 is 0 Å². The van der Waals surface area contributed by atoms with Crippen LogP contribution in [0.25, 0.3) is 132 Å². The molecule has 2 heteroatoms. The Morgan fingerprint density at radius 3 is 1.72 bits per heavy atom. The number of nitrogens with zero attached hydrogens (tertiary/aromatic N) is 2. The van der Waals surface area contributed by atoms with Crippen LogP contribution in [-0.4, -0.2) is 9.13 Å². The Balaban J connectivity index is 0.938. The zero-order valence-electron chi connectivity index (χ0n) is 34.8. The minimum Gasteiger partial charge on any atom is -0.309 e. The number of hydrogen-bond donors (Lipinski definition) is 0. The molecule has 11 aromatic carbocycles. The highest BCUT2D eigenvalue weighted by Crippen LogP contribution is 2.50. The first kappa shape index (κ1) is 35.2. The monoisotopic (exact) mass is 810 g/mol. The van der Waals surface area contributed by atoms with Crippen molar-refractivity contribution in [3.8, 4) is 67.0 Å². The summed E-state index contributed by atoms with van der Waals surface area (Å²) in [5.74, 6) is 0. The van der Waals surface area contributed by atoms with Gasteiger partial charge in [-0.3, -0.25) is 0 Å². The molecular weight excluding hydrogens is 773 g/mol. The third-order valence-electron chi connectivity index (χ3n) is 13.9. The van der Waals surface area contributed by atoms with E-state index in [-0.39, 0.29) is 0 Å². The Hall–Kier alpha value is -8.46. The molecule has 0 spiro atoms. The minimum absolute atomic E-state index is 1.16. The molecule has 1 aliphatic rings. The van der Waals surface area contributed by atoms with Gasteiger partial charge in [0.2, 0.25) is 0 Å². The van der Waals surface area contributed by atoms with Gasteiger partial charge in [0.05, 0.1) is 27.8 Å². The number of para-hydroxylation sites is 3. The Bertz CT molecular complexity index is 4040. The van der Waals surface area contributed by atoms with E-state index in [1.165, 1.54) is 121 Å². The van der Waals surface area contributed by atoms with E-state index < -0.39 is 0 Å². The first-order valence-electron chi connectivity index (χ1n) is 22.2. The smallest absolute Gasteiger partial charge is 0.0619 e. The van der Waals surface area contributed by atoms with Crippen molar-refractivity contribution in [2.75, 3.05) is 0 Å². The summed E-state index contributed by atoms with van der Waals surface area (Å²) >= 11 is 0. The lowest BCUT2D eigenvalue weighted by atomic mass is 9.92. The van der Waals surface area contributed by atoms with Gasteiger partial charge in [-0.05, 0) is 115 Å². The first-order valence-corrected chi connectivity index (χ1v) is 22.2. The van der Waals surface area contributed by atoms with Crippen LogP contribution in [-0.2, 0) is 0 Å². The lowest BCUT2D eigenvalue weighted by Gasteiger charge is -2.16. The number of rotatable bonds is 5. The molecule has 0 bridgehead atoms. The Morgan fingerprint density at radius 1 is 0.250 bits per heavy atom. The fourth-order valence-electron chi connectivity index (χ4n) is 11.0. The Morgan fingerprint density at radius 2 is 0.844 bits per heavy atom. The summed E-state index contributed by atoms with van der Waals surface area (Å²) in [6, 6.07) is 85.3. The Labute approximate surface area is 370 Å². The van der Waals surface area contributed by atoms with Crippen molar-refractivity contribution in [2.45, 2.75) is 0 Å². The van der Waals surface area contributed by atoms with Crippen molar-refractivity contribution < 1.29 is 0 Å². The molecule has 14 rings (SSSR count). The van der Waals surface area contributed by atoms with Crippen molar-refractivity contribution in [1.29, 1.82) is 0 Å². The molecule has 0 saturated heterocycles. The van der Waals surface area contributed by atoms with E-state index in [2.05, 4.69) is 240 Å². The summed E-state index contributed by atoms with van der Waals surface area (Å²) in [5, 5.41) is 10.1. The van der Waals surface area contributed by atoms with Gasteiger partial charge in [0.25, 0.3) is 0 Å². The standard InChI is InChI=1S/C62H38N2/c1-2-17-44(18-3-1)63-59-35-30-40(37-56(59)55-32-28-39-14-4-5-20-47(39)62(55)63)41-29-31-51-50-23-9-11-27-58(50)64(60(51)38-41)57-26-10-8-19-46(57)43-16-12-15-42(36-43)45-33-34-54-49-22-7-6-21-48(49)53-25-13-24-52(45)61(53)54/h1-38H. The highest BCUT2D eigenvalue weighted by atomic mass is 15.0. The predicted octanol–water partition coefficient (Wildman–Crippen LogP) is 16.8. The molecule has 64 heavy (non-hydrogen) atoms. The van der Waals surface area contributed by atoms with Gasteiger partial charge >= 0.3 is 0 Å². The molecule has 0 fully saturated rings. The summed E-state index contributed by atoms with van der Waals surface area (Å²) in [7, 11) is 0. The van der Waals surface area contributed by atoms with E-state index in [9.17, 15) is 0 Å². The molecule has 2 aromatic heterocycles. The molecule has 296 valence electrons. The molecule has 0 atom stereocenters. The van der Waals surface area contributed by atoms with Gasteiger partial charge in [-0.1, -0.05) is 182 Å². The summed E-state index contributed by atoms with van der Waals surface area (Å²) in [6.07, 6.45) is 0. The maximum absolute atomic E-state index is 2.48. The van der Waals surface area contributed by atoms with Crippen molar-refractivity contribution in [3.05, 3.63) is 231 Å². The van der Waals surface area contributed by atoms with Crippen LogP contribution >= 0.6 is 0 Å². The molecule has 2 heterocycles. The fraction of sp³-hybridized carbons (Fsp3) is 0. The van der Waals surface area contributed by atoms with Crippen LogP contribution < -0.4 is 0 Å². The third-order valence-corrected chi connectivity index (χ3v) is 13.9. The highest BCUT2D eigenvalue weighted by Gasteiger charge is 2.23. The van der Waals surface area contributed by atoms with Crippen LogP contribution in [0, 0.1) is 0 Å². The molecule has 0 N–H and O–H groups in total. The quantitative estimate of drug-likeness (QED) is 0.164. The van der Waals surface area contributed by atoms with Crippen LogP contribution in [0.1, 0.15) is 0 Å². The first-order chi connectivity index (χ1) is 31.8. The molecule has 0 amide bonds. The van der Waals surface area contributed by atoms with Crippen LogP contribution in [0.15, 0.2) is 231 Å². The van der Waals surface area contributed by atoms with Gasteiger partial charge in [-0.2, -0.15) is 0 Å². The lowest BCUT2D eigenvalue weighted by Crippen LogP contribution is -1.97.